The van der Waals surface area contributed by atoms with E-state index < -0.39 is 17.8 Å². The first-order valence-electron chi connectivity index (χ1n) is 4.25. The Labute approximate surface area is 114 Å². The number of hydrogen-bond acceptors (Lipinski definition) is 3. The van der Waals surface area contributed by atoms with Crippen molar-refractivity contribution in [1.29, 1.82) is 0 Å². The van der Waals surface area contributed by atoms with Crippen molar-refractivity contribution in [3.8, 4) is 0 Å². The van der Waals surface area contributed by atoms with Crippen LogP contribution in [0.3, 0.4) is 0 Å². The molecule has 0 unspecified atom stereocenters. The number of carbonyl (C=O) groups excluding carboxylic acids is 3. The molecule has 4 amide bonds. The lowest BCUT2D eigenvalue weighted by molar-refractivity contribution is -0.134. The molecule has 1 aromatic carbocycles. The van der Waals surface area contributed by atoms with Crippen LogP contribution in [0, 0.1) is 0 Å². The van der Waals surface area contributed by atoms with Crippen molar-refractivity contribution in [3.63, 3.8) is 0 Å². The van der Waals surface area contributed by atoms with Gasteiger partial charge in [0.25, 0.3) is 0 Å². The number of carbonyl (C=O) groups is 3. The Hall–Kier alpha value is -1.11. The maximum absolute atomic E-state index is 11.5. The zero-order valence-electron chi connectivity index (χ0n) is 7.96. The van der Waals surface area contributed by atoms with Crippen molar-refractivity contribution in [3.05, 3.63) is 26.7 Å². The van der Waals surface area contributed by atoms with Gasteiger partial charge in [-0.05, 0) is 12.1 Å². The van der Waals surface area contributed by atoms with E-state index in [0.717, 1.165) is 0 Å². The summed E-state index contributed by atoms with van der Waals surface area (Å²) in [4.78, 5) is 34.5. The lowest BCUT2D eigenvalue weighted by Gasteiger charge is -2.15. The lowest BCUT2D eigenvalue weighted by atomic mass is 10.3. The van der Waals surface area contributed by atoms with Crippen molar-refractivity contribution in [2.75, 3.05) is 4.90 Å². The maximum Gasteiger partial charge on any atom is 0.336 e. The van der Waals surface area contributed by atoms with Gasteiger partial charge in [0.2, 0.25) is 0 Å². The van der Waals surface area contributed by atoms with Crippen LogP contribution in [0.1, 0.15) is 0 Å². The third kappa shape index (κ3) is 2.03. The minimum absolute atomic E-state index is 0.00937. The van der Waals surface area contributed by atoms with Gasteiger partial charge in [-0.1, -0.05) is 39.1 Å². The number of nitrogens with zero attached hydrogens (tertiary/aromatic N) is 1. The molecule has 17 heavy (non-hydrogen) atoms. The summed E-state index contributed by atoms with van der Waals surface area (Å²) >= 11 is 14.9. The minimum atomic E-state index is -1.01. The highest BCUT2D eigenvalue weighted by Gasteiger charge is 2.40. The fraction of sp³-hybridized carbons (Fsp3) is 0. The van der Waals surface area contributed by atoms with Gasteiger partial charge in [-0.15, -0.1) is 0 Å². The molecule has 0 radical (unpaired) electrons. The Balaban J connectivity index is 2.59. The molecule has 1 aliphatic rings. The van der Waals surface area contributed by atoms with E-state index in [4.69, 9.17) is 23.2 Å². The van der Waals surface area contributed by atoms with Crippen LogP contribution in [0.25, 0.3) is 0 Å². The monoisotopic (exact) mass is 336 g/mol. The van der Waals surface area contributed by atoms with Gasteiger partial charge in [0.05, 0.1) is 15.7 Å². The van der Waals surface area contributed by atoms with Gasteiger partial charge in [0.15, 0.2) is 0 Å². The van der Waals surface area contributed by atoms with Crippen LogP contribution in [-0.2, 0) is 9.59 Å². The second-order valence-corrected chi connectivity index (χ2v) is 4.85. The van der Waals surface area contributed by atoms with Gasteiger partial charge in [-0.3, -0.25) is 14.9 Å². The Bertz CT molecular complexity index is 538. The van der Waals surface area contributed by atoms with E-state index in [2.05, 4.69) is 15.9 Å². The summed E-state index contributed by atoms with van der Waals surface area (Å²) in [6.07, 6.45) is 0. The zero-order valence-corrected chi connectivity index (χ0v) is 11.1. The first-order chi connectivity index (χ1) is 7.91. The maximum atomic E-state index is 11.5. The molecule has 0 aromatic heterocycles. The highest BCUT2D eigenvalue weighted by molar-refractivity contribution is 9.10. The van der Waals surface area contributed by atoms with Crippen LogP contribution in [0.2, 0.25) is 10.0 Å². The fourth-order valence-corrected chi connectivity index (χ4v) is 2.73. The normalized spacial score (nSPS) is 15.5. The Morgan fingerprint density at radius 3 is 2.06 bits per heavy atom. The van der Waals surface area contributed by atoms with E-state index >= 15 is 0 Å². The smallest absolute Gasteiger partial charge is 0.269 e. The van der Waals surface area contributed by atoms with Crippen LogP contribution >= 0.6 is 39.1 Å². The van der Waals surface area contributed by atoms with E-state index in [0.29, 0.717) is 9.37 Å². The first-order valence-corrected chi connectivity index (χ1v) is 5.80. The summed E-state index contributed by atoms with van der Waals surface area (Å²) < 4.78 is 0.592. The molecule has 0 atom stereocenters. The number of amides is 4. The van der Waals surface area contributed by atoms with Crippen molar-refractivity contribution >= 4 is 62.7 Å². The third-order valence-electron chi connectivity index (χ3n) is 2.03. The Morgan fingerprint density at radius 2 is 1.65 bits per heavy atom. The SMILES string of the molecule is O=C1NC(=O)N(c2c(Cl)cc(Br)cc2Cl)C1=O. The van der Waals surface area contributed by atoms with E-state index in [1.165, 1.54) is 12.1 Å². The average Bonchev–Trinajstić information content (AvgIpc) is 2.43. The van der Waals surface area contributed by atoms with Gasteiger partial charge >= 0.3 is 17.8 Å². The molecular weight excluding hydrogens is 335 g/mol. The summed E-state index contributed by atoms with van der Waals surface area (Å²) in [5.74, 6) is -2.02. The molecule has 0 bridgehead atoms. The summed E-state index contributed by atoms with van der Waals surface area (Å²) in [6, 6.07) is 2.06. The van der Waals surface area contributed by atoms with Crippen molar-refractivity contribution in [1.82, 2.24) is 5.32 Å². The molecule has 1 aromatic rings. The van der Waals surface area contributed by atoms with E-state index in [-0.39, 0.29) is 15.7 Å². The van der Waals surface area contributed by atoms with Crippen LogP contribution < -0.4 is 10.2 Å². The molecule has 1 heterocycles. The number of benzene rings is 1. The quantitative estimate of drug-likeness (QED) is 0.631. The molecule has 2 rings (SSSR count). The molecule has 1 fully saturated rings. The van der Waals surface area contributed by atoms with Crippen LogP contribution in [-0.4, -0.2) is 17.8 Å². The predicted octanol–water partition coefficient (Wildman–Crippen LogP) is 2.34. The second kappa shape index (κ2) is 4.29. The molecular formula is C9H3BrCl2N2O3. The largest absolute Gasteiger partial charge is 0.336 e. The summed E-state index contributed by atoms with van der Waals surface area (Å²) in [5.41, 5.74) is -0.00937. The van der Waals surface area contributed by atoms with Crippen LogP contribution in [0.15, 0.2) is 16.6 Å². The molecule has 1 aliphatic heterocycles. The lowest BCUT2D eigenvalue weighted by Crippen LogP contribution is -2.31. The topological polar surface area (TPSA) is 66.5 Å². The van der Waals surface area contributed by atoms with Gasteiger partial charge in [0.1, 0.15) is 0 Å². The van der Waals surface area contributed by atoms with Crippen molar-refractivity contribution in [2.45, 2.75) is 0 Å². The zero-order chi connectivity index (χ0) is 12.7. The predicted molar refractivity (Wildman–Crippen MR) is 65.2 cm³/mol. The van der Waals surface area contributed by atoms with E-state index in [1.807, 2.05) is 5.32 Å². The van der Waals surface area contributed by atoms with Gasteiger partial charge < -0.3 is 0 Å². The van der Waals surface area contributed by atoms with Gasteiger partial charge in [-0.2, -0.15) is 0 Å². The molecule has 0 aliphatic carbocycles. The van der Waals surface area contributed by atoms with Gasteiger partial charge in [0, 0.05) is 4.47 Å². The van der Waals surface area contributed by atoms with E-state index in [1.54, 1.807) is 0 Å². The molecule has 88 valence electrons. The summed E-state index contributed by atoms with van der Waals surface area (Å²) in [5, 5.41) is 2.03. The molecule has 5 nitrogen and oxygen atoms in total. The number of imide groups is 2. The fourth-order valence-electron chi connectivity index (χ4n) is 1.35. The number of hydrogen-bond donors (Lipinski definition) is 1. The number of halogens is 3. The number of urea groups is 1. The highest BCUT2D eigenvalue weighted by Crippen LogP contribution is 2.37. The average molecular weight is 338 g/mol. The van der Waals surface area contributed by atoms with E-state index in [9.17, 15) is 14.4 Å². The first kappa shape index (κ1) is 12.3. The molecule has 8 heteroatoms. The molecule has 1 N–H and O–H groups in total. The highest BCUT2D eigenvalue weighted by atomic mass is 79.9. The Kier molecular flexibility index (Phi) is 3.11. The van der Waals surface area contributed by atoms with Crippen molar-refractivity contribution in [2.24, 2.45) is 0 Å². The number of nitrogens with one attached hydrogen (secondary N) is 1. The second-order valence-electron chi connectivity index (χ2n) is 3.12. The molecule has 0 spiro atoms. The standard InChI is InChI=1S/C9H3BrCl2N2O3/c10-3-1-4(11)6(5(12)2-3)14-8(16)7(15)13-9(14)17/h1-2H,(H,13,15,17). The van der Waals surface area contributed by atoms with Crippen LogP contribution in [0.5, 0.6) is 0 Å². The molecule has 1 saturated heterocycles. The number of anilines is 1. The number of rotatable bonds is 1. The third-order valence-corrected chi connectivity index (χ3v) is 3.06. The van der Waals surface area contributed by atoms with Crippen molar-refractivity contribution < 1.29 is 14.4 Å². The summed E-state index contributed by atoms with van der Waals surface area (Å²) in [6.45, 7) is 0. The Morgan fingerprint density at radius 1 is 1.12 bits per heavy atom. The summed E-state index contributed by atoms with van der Waals surface area (Å²) in [7, 11) is 0. The molecule has 0 saturated carbocycles. The minimum Gasteiger partial charge on any atom is -0.269 e. The van der Waals surface area contributed by atoms with Crippen LogP contribution in [0.4, 0.5) is 10.5 Å². The van der Waals surface area contributed by atoms with Gasteiger partial charge in [-0.25, -0.2) is 9.69 Å².